The first-order chi connectivity index (χ1) is 9.45. The van der Waals surface area contributed by atoms with Crippen LogP contribution in [0.25, 0.3) is 11.2 Å². The van der Waals surface area contributed by atoms with Gasteiger partial charge in [0.15, 0.2) is 5.65 Å². The zero-order valence-corrected chi connectivity index (χ0v) is 13.6. The van der Waals surface area contributed by atoms with E-state index in [2.05, 4.69) is 16.6 Å². The van der Waals surface area contributed by atoms with Crippen LogP contribution in [0.3, 0.4) is 0 Å². The van der Waals surface area contributed by atoms with Crippen LogP contribution in [-0.4, -0.2) is 32.0 Å². The fourth-order valence-electron chi connectivity index (χ4n) is 2.40. The maximum Gasteiger partial charge on any atom is 0.158 e. The van der Waals surface area contributed by atoms with Gasteiger partial charge in [0.2, 0.25) is 0 Å². The molecule has 0 fully saturated rings. The number of rotatable bonds is 6. The lowest BCUT2D eigenvalue weighted by molar-refractivity contribution is 0.0727. The number of hydrogen-bond acceptors (Lipinski definition) is 3. The van der Waals surface area contributed by atoms with Crippen molar-refractivity contribution in [2.24, 2.45) is 7.05 Å². The second kappa shape index (κ2) is 6.14. The van der Waals surface area contributed by atoms with Crippen molar-refractivity contribution in [1.29, 1.82) is 0 Å². The van der Waals surface area contributed by atoms with Crippen molar-refractivity contribution in [2.75, 3.05) is 6.61 Å². The van der Waals surface area contributed by atoms with Crippen LogP contribution in [0.1, 0.15) is 44.6 Å². The molecular formula is C14H23ClN4O. The van der Waals surface area contributed by atoms with Crippen molar-refractivity contribution < 1.29 is 4.74 Å². The number of ether oxygens (including phenoxy) is 1. The number of nitrogens with zero attached hydrogens (tertiary/aromatic N) is 4. The molecule has 1 atom stereocenters. The average molecular weight is 299 g/mol. The molecule has 20 heavy (non-hydrogen) atoms. The maximum atomic E-state index is 6.27. The van der Waals surface area contributed by atoms with Crippen molar-refractivity contribution in [3.63, 3.8) is 0 Å². The summed E-state index contributed by atoms with van der Waals surface area (Å²) >= 11 is 6.27. The Kier molecular flexibility index (Phi) is 4.70. The normalized spacial score (nSPS) is 13.6. The van der Waals surface area contributed by atoms with Gasteiger partial charge in [-0.15, -0.1) is 11.6 Å². The van der Waals surface area contributed by atoms with E-state index in [1.165, 1.54) is 0 Å². The van der Waals surface area contributed by atoms with Crippen molar-refractivity contribution in [3.05, 3.63) is 11.5 Å². The minimum Gasteiger partial charge on any atom is -0.377 e. The molecule has 0 aliphatic heterocycles. The molecule has 2 heterocycles. The molecule has 6 heteroatoms. The Morgan fingerprint density at radius 2 is 2.00 bits per heavy atom. The highest BCUT2D eigenvalue weighted by Crippen LogP contribution is 2.26. The Hall–Kier alpha value is -1.07. The molecule has 0 saturated carbocycles. The van der Waals surface area contributed by atoms with Crippen LogP contribution >= 0.6 is 11.6 Å². The van der Waals surface area contributed by atoms with Crippen molar-refractivity contribution in [1.82, 2.24) is 19.3 Å². The maximum absolute atomic E-state index is 6.27. The molecule has 0 spiro atoms. The molecule has 0 radical (unpaired) electrons. The van der Waals surface area contributed by atoms with Crippen LogP contribution in [0, 0.1) is 0 Å². The molecule has 1 unspecified atom stereocenters. The van der Waals surface area contributed by atoms with Gasteiger partial charge in [-0.1, -0.05) is 6.92 Å². The van der Waals surface area contributed by atoms with Crippen LogP contribution in [-0.2, 0) is 24.8 Å². The van der Waals surface area contributed by atoms with E-state index in [9.17, 15) is 0 Å². The van der Waals surface area contributed by atoms with Gasteiger partial charge in [0.05, 0.1) is 23.8 Å². The van der Waals surface area contributed by atoms with Crippen molar-refractivity contribution in [2.45, 2.75) is 52.1 Å². The fourth-order valence-corrected chi connectivity index (χ4v) is 2.57. The number of fused-ring (bicyclic) bond motifs is 1. The molecule has 0 amide bonds. The van der Waals surface area contributed by atoms with Gasteiger partial charge in [0, 0.05) is 13.6 Å². The number of halogens is 1. The Balaban J connectivity index is 2.42. The predicted molar refractivity (Wildman–Crippen MR) is 81.2 cm³/mol. The van der Waals surface area contributed by atoms with Crippen molar-refractivity contribution in [3.8, 4) is 0 Å². The van der Waals surface area contributed by atoms with Gasteiger partial charge in [0.1, 0.15) is 11.3 Å². The fraction of sp³-hybridized carbons (Fsp3) is 0.714. The molecule has 0 saturated heterocycles. The minimum absolute atomic E-state index is 0.133. The molecule has 0 bridgehead atoms. The van der Waals surface area contributed by atoms with Crippen LogP contribution in [0.2, 0.25) is 0 Å². The molecule has 2 rings (SSSR count). The smallest absolute Gasteiger partial charge is 0.158 e. The second-order valence-electron chi connectivity index (χ2n) is 5.25. The van der Waals surface area contributed by atoms with E-state index in [-0.39, 0.29) is 11.5 Å². The Bertz CT molecular complexity index is 586. The zero-order chi connectivity index (χ0) is 14.9. The summed E-state index contributed by atoms with van der Waals surface area (Å²) in [7, 11) is 1.95. The topological polar surface area (TPSA) is 44.9 Å². The van der Waals surface area contributed by atoms with E-state index >= 15 is 0 Å². The van der Waals surface area contributed by atoms with Crippen LogP contribution in [0.5, 0.6) is 0 Å². The number of aryl methyl sites for hydroxylation is 2. The van der Waals surface area contributed by atoms with Crippen molar-refractivity contribution >= 4 is 22.8 Å². The van der Waals surface area contributed by atoms with Crippen LogP contribution < -0.4 is 0 Å². The summed E-state index contributed by atoms with van der Waals surface area (Å²) in [5.41, 5.74) is 3.00. The largest absolute Gasteiger partial charge is 0.377 e. The zero-order valence-electron chi connectivity index (χ0n) is 12.9. The second-order valence-corrected chi connectivity index (χ2v) is 5.91. The SMILES string of the molecule is CCc1nn(C)c2c1nc(C(C)Cl)n2CCOC(C)C. The van der Waals surface area contributed by atoms with Crippen LogP contribution in [0.4, 0.5) is 0 Å². The molecule has 0 aliphatic rings. The van der Waals surface area contributed by atoms with Gasteiger partial charge in [-0.3, -0.25) is 4.68 Å². The molecule has 0 aromatic carbocycles. The number of alkyl halides is 1. The van der Waals surface area contributed by atoms with Crippen LogP contribution in [0.15, 0.2) is 0 Å². The highest BCUT2D eigenvalue weighted by Gasteiger charge is 2.20. The Morgan fingerprint density at radius 1 is 1.30 bits per heavy atom. The lowest BCUT2D eigenvalue weighted by atomic mass is 10.3. The van der Waals surface area contributed by atoms with Gasteiger partial charge >= 0.3 is 0 Å². The lowest BCUT2D eigenvalue weighted by Crippen LogP contribution is -2.14. The minimum atomic E-state index is -0.133. The molecule has 2 aromatic heterocycles. The quantitative estimate of drug-likeness (QED) is 0.770. The van der Waals surface area contributed by atoms with Gasteiger partial charge in [-0.05, 0) is 27.2 Å². The summed E-state index contributed by atoms with van der Waals surface area (Å²) in [4.78, 5) is 4.69. The Labute approximate surface area is 124 Å². The summed E-state index contributed by atoms with van der Waals surface area (Å²) in [6.07, 6.45) is 1.09. The summed E-state index contributed by atoms with van der Waals surface area (Å²) < 4.78 is 9.67. The molecule has 2 aromatic rings. The van der Waals surface area contributed by atoms with Gasteiger partial charge in [-0.2, -0.15) is 5.10 Å². The number of imidazole rings is 1. The molecule has 112 valence electrons. The highest BCUT2D eigenvalue weighted by molar-refractivity contribution is 6.20. The number of hydrogen-bond donors (Lipinski definition) is 0. The van der Waals surface area contributed by atoms with E-state index in [0.29, 0.717) is 6.61 Å². The van der Waals surface area contributed by atoms with E-state index in [1.807, 2.05) is 32.5 Å². The summed E-state index contributed by atoms with van der Waals surface area (Å²) in [5.74, 6) is 0.886. The van der Waals surface area contributed by atoms with E-state index in [4.69, 9.17) is 21.3 Å². The molecule has 5 nitrogen and oxygen atoms in total. The summed E-state index contributed by atoms with van der Waals surface area (Å²) in [5, 5.41) is 4.39. The molecule has 0 aliphatic carbocycles. The molecule has 0 N–H and O–H groups in total. The highest BCUT2D eigenvalue weighted by atomic mass is 35.5. The number of aromatic nitrogens is 4. The third-order valence-electron chi connectivity index (χ3n) is 3.28. The molecular weight excluding hydrogens is 276 g/mol. The first-order valence-electron chi connectivity index (χ1n) is 7.13. The van der Waals surface area contributed by atoms with E-state index in [1.54, 1.807) is 0 Å². The standard InChI is InChI=1S/C14H23ClN4O/c1-6-11-12-14(18(5)17-11)19(7-8-20-9(2)3)13(16-12)10(4)15/h9-10H,6-8H2,1-5H3. The lowest BCUT2D eigenvalue weighted by Gasteiger charge is -2.12. The van der Waals surface area contributed by atoms with E-state index < -0.39 is 0 Å². The first kappa shape index (κ1) is 15.3. The van der Waals surface area contributed by atoms with Gasteiger partial charge in [-0.25, -0.2) is 4.98 Å². The summed E-state index contributed by atoms with van der Waals surface area (Å²) in [6, 6.07) is 0. The summed E-state index contributed by atoms with van der Waals surface area (Å²) in [6.45, 7) is 9.49. The third kappa shape index (κ3) is 2.83. The Morgan fingerprint density at radius 3 is 2.55 bits per heavy atom. The average Bonchev–Trinajstić information content (AvgIpc) is 2.88. The predicted octanol–water partition coefficient (Wildman–Crippen LogP) is 3.06. The first-order valence-corrected chi connectivity index (χ1v) is 7.57. The third-order valence-corrected chi connectivity index (χ3v) is 3.47. The van der Waals surface area contributed by atoms with Gasteiger partial charge < -0.3 is 9.30 Å². The van der Waals surface area contributed by atoms with E-state index in [0.717, 1.165) is 35.6 Å². The monoisotopic (exact) mass is 298 g/mol. The van der Waals surface area contributed by atoms with Gasteiger partial charge in [0.25, 0.3) is 0 Å².